The minimum absolute atomic E-state index is 0.319. The molecule has 0 N–H and O–H groups in total. The molecule has 0 aromatic carbocycles. The molecule has 0 fully saturated rings. The van der Waals surface area contributed by atoms with Crippen molar-refractivity contribution in [2.45, 2.75) is 33.6 Å². The molecule has 2 aromatic rings. The molecule has 0 aliphatic heterocycles. The van der Waals surface area contributed by atoms with E-state index in [9.17, 15) is 0 Å². The minimum atomic E-state index is 0.319. The smallest absolute Gasteiger partial charge is 0.199 e. The third kappa shape index (κ3) is 2.10. The van der Waals surface area contributed by atoms with E-state index < -0.39 is 0 Å². The van der Waals surface area contributed by atoms with E-state index in [4.69, 9.17) is 4.42 Å². The zero-order valence-corrected chi connectivity index (χ0v) is 9.11. The van der Waals surface area contributed by atoms with Crippen LogP contribution in [0.25, 0.3) is 11.2 Å². The summed E-state index contributed by atoms with van der Waals surface area (Å²) in [4.78, 5) is 8.31. The molecule has 0 unspecified atom stereocenters. The summed E-state index contributed by atoms with van der Waals surface area (Å²) >= 11 is 0. The van der Waals surface area contributed by atoms with E-state index in [-0.39, 0.29) is 0 Å². The first-order valence-electron chi connectivity index (χ1n) is 4.99. The van der Waals surface area contributed by atoms with Crippen LogP contribution < -0.4 is 0 Å². The van der Waals surface area contributed by atoms with Crippen molar-refractivity contribution in [1.29, 1.82) is 0 Å². The number of fused-ring (bicyclic) bond motifs is 1. The lowest BCUT2D eigenvalue weighted by molar-refractivity contribution is 0.501. The summed E-state index contributed by atoms with van der Waals surface area (Å²) in [6.07, 6.45) is 1.72. The summed E-state index contributed by atoms with van der Waals surface area (Å²) in [6.45, 7) is 8.09. The maximum atomic E-state index is 5.46. The Kier molecular flexibility index (Phi) is 3.63. The molecular weight excluding hydrogens is 176 g/mol. The summed E-state index contributed by atoms with van der Waals surface area (Å²) in [5.74, 6) is 1.07. The fourth-order valence-electron chi connectivity index (χ4n) is 1.03. The zero-order chi connectivity index (χ0) is 10.6. The predicted octanol–water partition coefficient (Wildman–Crippen LogP) is 3.37. The first kappa shape index (κ1) is 10.7. The Balaban J connectivity index is 0.000000461. The second-order valence-electron chi connectivity index (χ2n) is 3.03. The second-order valence-corrected chi connectivity index (χ2v) is 3.03. The highest BCUT2D eigenvalue weighted by atomic mass is 16.3. The van der Waals surface area contributed by atoms with Crippen molar-refractivity contribution in [3.05, 3.63) is 24.2 Å². The van der Waals surface area contributed by atoms with E-state index in [0.717, 1.165) is 11.5 Å². The molecule has 0 atom stereocenters. The number of hydrogen-bond donors (Lipinski definition) is 0. The quantitative estimate of drug-likeness (QED) is 0.695. The normalized spacial score (nSPS) is 10.1. The van der Waals surface area contributed by atoms with Crippen LogP contribution in [0.15, 0.2) is 22.7 Å². The van der Waals surface area contributed by atoms with Crippen molar-refractivity contribution in [3.8, 4) is 0 Å². The van der Waals surface area contributed by atoms with Crippen LogP contribution in [0, 0.1) is 0 Å². The van der Waals surface area contributed by atoms with Gasteiger partial charge in [-0.2, -0.15) is 4.98 Å². The average Bonchev–Trinajstić information content (AvgIpc) is 2.64. The molecule has 0 saturated heterocycles. The molecule has 76 valence electrons. The number of pyridine rings is 1. The predicted molar refractivity (Wildman–Crippen MR) is 57.2 cm³/mol. The van der Waals surface area contributed by atoms with Crippen LogP contribution >= 0.6 is 0 Å². The maximum absolute atomic E-state index is 5.46. The number of oxazole rings is 1. The standard InChI is InChI=1S/C9H10N2O.C2H6/c1-6(2)9-11-8-7(12-9)4-3-5-10-8;1-2/h3-6H,1-2H3;1-2H3. The van der Waals surface area contributed by atoms with Crippen molar-refractivity contribution in [2.75, 3.05) is 0 Å². The lowest BCUT2D eigenvalue weighted by Gasteiger charge is -1.93. The van der Waals surface area contributed by atoms with Gasteiger partial charge in [0, 0.05) is 12.1 Å². The Morgan fingerprint density at radius 1 is 1.29 bits per heavy atom. The lowest BCUT2D eigenvalue weighted by Crippen LogP contribution is -1.85. The van der Waals surface area contributed by atoms with Gasteiger partial charge in [0.25, 0.3) is 0 Å². The molecule has 2 rings (SSSR count). The van der Waals surface area contributed by atoms with Crippen LogP contribution in [0.5, 0.6) is 0 Å². The summed E-state index contributed by atoms with van der Waals surface area (Å²) < 4.78 is 5.46. The molecule has 3 heteroatoms. The Labute approximate surface area is 84.2 Å². The molecule has 0 aliphatic carbocycles. The van der Waals surface area contributed by atoms with Gasteiger partial charge >= 0.3 is 0 Å². The van der Waals surface area contributed by atoms with Gasteiger partial charge in [-0.1, -0.05) is 27.7 Å². The summed E-state index contributed by atoms with van der Waals surface area (Å²) in [7, 11) is 0. The highest BCUT2D eigenvalue weighted by Crippen LogP contribution is 2.18. The van der Waals surface area contributed by atoms with Gasteiger partial charge in [0.05, 0.1) is 0 Å². The second kappa shape index (κ2) is 4.74. The fraction of sp³-hybridized carbons (Fsp3) is 0.455. The van der Waals surface area contributed by atoms with Crippen LogP contribution in [-0.4, -0.2) is 9.97 Å². The van der Waals surface area contributed by atoms with Crippen molar-refractivity contribution in [3.63, 3.8) is 0 Å². The van der Waals surface area contributed by atoms with Gasteiger partial charge in [0.2, 0.25) is 0 Å². The number of nitrogens with zero attached hydrogens (tertiary/aromatic N) is 2. The van der Waals surface area contributed by atoms with E-state index in [1.54, 1.807) is 6.20 Å². The Bertz CT molecular complexity index is 360. The molecule has 0 spiro atoms. The minimum Gasteiger partial charge on any atom is -0.439 e. The van der Waals surface area contributed by atoms with Crippen LogP contribution in [-0.2, 0) is 0 Å². The van der Waals surface area contributed by atoms with Gasteiger partial charge in [-0.05, 0) is 12.1 Å². The van der Waals surface area contributed by atoms with Crippen LogP contribution in [0.2, 0.25) is 0 Å². The highest BCUT2D eigenvalue weighted by Gasteiger charge is 2.08. The van der Waals surface area contributed by atoms with E-state index in [1.165, 1.54) is 0 Å². The van der Waals surface area contributed by atoms with Gasteiger partial charge in [-0.15, -0.1) is 0 Å². The van der Waals surface area contributed by atoms with Crippen molar-refractivity contribution in [1.82, 2.24) is 9.97 Å². The van der Waals surface area contributed by atoms with Crippen LogP contribution in [0.4, 0.5) is 0 Å². The fourth-order valence-corrected chi connectivity index (χ4v) is 1.03. The van der Waals surface area contributed by atoms with Crippen molar-refractivity contribution < 1.29 is 4.42 Å². The largest absolute Gasteiger partial charge is 0.439 e. The van der Waals surface area contributed by atoms with Gasteiger partial charge in [-0.25, -0.2) is 4.98 Å². The first-order chi connectivity index (χ1) is 6.77. The van der Waals surface area contributed by atoms with Gasteiger partial charge < -0.3 is 4.42 Å². The molecule has 0 aliphatic rings. The summed E-state index contributed by atoms with van der Waals surface area (Å²) in [5.41, 5.74) is 1.46. The Morgan fingerprint density at radius 3 is 2.57 bits per heavy atom. The third-order valence-corrected chi connectivity index (χ3v) is 1.68. The average molecular weight is 192 g/mol. The SMILES string of the molecule is CC.CC(C)c1nc2ncccc2o1. The Hall–Kier alpha value is -1.38. The molecule has 0 bridgehead atoms. The Morgan fingerprint density at radius 2 is 2.00 bits per heavy atom. The van der Waals surface area contributed by atoms with Crippen LogP contribution in [0.3, 0.4) is 0 Å². The van der Waals surface area contributed by atoms with Gasteiger partial charge in [0.1, 0.15) is 0 Å². The summed E-state index contributed by atoms with van der Waals surface area (Å²) in [6, 6.07) is 3.72. The number of aromatic nitrogens is 2. The zero-order valence-electron chi connectivity index (χ0n) is 9.11. The first-order valence-corrected chi connectivity index (χ1v) is 4.99. The number of rotatable bonds is 1. The summed E-state index contributed by atoms with van der Waals surface area (Å²) in [5, 5.41) is 0. The number of hydrogen-bond acceptors (Lipinski definition) is 3. The third-order valence-electron chi connectivity index (χ3n) is 1.68. The molecular formula is C11H16N2O. The monoisotopic (exact) mass is 192 g/mol. The molecule has 0 radical (unpaired) electrons. The lowest BCUT2D eigenvalue weighted by atomic mass is 10.2. The maximum Gasteiger partial charge on any atom is 0.199 e. The van der Waals surface area contributed by atoms with Gasteiger partial charge in [0.15, 0.2) is 17.1 Å². The molecule has 3 nitrogen and oxygen atoms in total. The van der Waals surface area contributed by atoms with Gasteiger partial charge in [-0.3, -0.25) is 0 Å². The topological polar surface area (TPSA) is 38.9 Å². The molecule has 0 saturated carbocycles. The van der Waals surface area contributed by atoms with Crippen molar-refractivity contribution in [2.24, 2.45) is 0 Å². The molecule has 2 heterocycles. The van der Waals surface area contributed by atoms with E-state index in [0.29, 0.717) is 11.6 Å². The van der Waals surface area contributed by atoms with Crippen LogP contribution in [0.1, 0.15) is 39.5 Å². The van der Waals surface area contributed by atoms with E-state index >= 15 is 0 Å². The highest BCUT2D eigenvalue weighted by molar-refractivity contribution is 5.66. The molecule has 14 heavy (non-hydrogen) atoms. The van der Waals surface area contributed by atoms with Crippen molar-refractivity contribution >= 4 is 11.2 Å². The molecule has 0 amide bonds. The van der Waals surface area contributed by atoms with E-state index in [1.807, 2.05) is 39.8 Å². The van der Waals surface area contributed by atoms with E-state index in [2.05, 4.69) is 9.97 Å². The molecule has 2 aromatic heterocycles.